The third-order valence-electron chi connectivity index (χ3n) is 3.53. The first kappa shape index (κ1) is 15.0. The van der Waals surface area contributed by atoms with E-state index < -0.39 is 0 Å². The smallest absolute Gasteiger partial charge is 0.0796 e. The zero-order valence-corrected chi connectivity index (χ0v) is 12.0. The van der Waals surface area contributed by atoms with Crippen LogP contribution in [0.1, 0.15) is 58.1 Å². The van der Waals surface area contributed by atoms with Crippen LogP contribution in [0.2, 0.25) is 0 Å². The second-order valence-corrected chi connectivity index (χ2v) is 5.06. The van der Waals surface area contributed by atoms with Gasteiger partial charge in [0.1, 0.15) is 0 Å². The molecule has 2 N–H and O–H groups in total. The van der Waals surface area contributed by atoms with E-state index >= 15 is 0 Å². The van der Waals surface area contributed by atoms with Crippen LogP contribution in [0, 0.1) is 5.92 Å². The fraction of sp³-hybridized carbons (Fsp3) is 0.625. The normalized spacial score (nSPS) is 14.4. The summed E-state index contributed by atoms with van der Waals surface area (Å²) in [5, 5.41) is 0. The van der Waals surface area contributed by atoms with E-state index in [2.05, 4.69) is 20.8 Å². The van der Waals surface area contributed by atoms with Crippen molar-refractivity contribution in [2.24, 2.45) is 5.92 Å². The summed E-state index contributed by atoms with van der Waals surface area (Å²) in [4.78, 5) is 0. The molecule has 1 aromatic rings. The Hall–Kier alpha value is -1.02. The minimum absolute atomic E-state index is 0.154. The summed E-state index contributed by atoms with van der Waals surface area (Å²) in [7, 11) is 0. The molecule has 0 aliphatic heterocycles. The van der Waals surface area contributed by atoms with Crippen LogP contribution in [0.25, 0.3) is 0 Å². The van der Waals surface area contributed by atoms with Crippen LogP contribution < -0.4 is 5.73 Å². The number of nitrogen functional groups attached to an aromatic ring is 1. The first-order valence-corrected chi connectivity index (χ1v) is 7.14. The number of anilines is 1. The lowest BCUT2D eigenvalue weighted by Crippen LogP contribution is -2.11. The van der Waals surface area contributed by atoms with Gasteiger partial charge in [0.25, 0.3) is 0 Å². The highest BCUT2D eigenvalue weighted by Crippen LogP contribution is 2.21. The molecule has 0 saturated heterocycles. The minimum Gasteiger partial charge on any atom is -0.399 e. The average molecular weight is 249 g/mol. The zero-order chi connectivity index (χ0) is 13.4. The molecule has 2 nitrogen and oxygen atoms in total. The van der Waals surface area contributed by atoms with Crippen LogP contribution in [0.15, 0.2) is 24.3 Å². The Morgan fingerprint density at radius 3 is 2.39 bits per heavy atom. The molecule has 1 rings (SSSR count). The van der Waals surface area contributed by atoms with Crippen molar-refractivity contribution in [3.05, 3.63) is 29.8 Å². The molecule has 1 aromatic carbocycles. The largest absolute Gasteiger partial charge is 0.399 e. The predicted octanol–water partition coefficient (Wildman–Crippen LogP) is 4.56. The maximum absolute atomic E-state index is 5.98. The molecule has 0 aromatic heterocycles. The highest BCUT2D eigenvalue weighted by atomic mass is 16.5. The molecule has 2 unspecified atom stereocenters. The van der Waals surface area contributed by atoms with Gasteiger partial charge in [-0.1, -0.05) is 45.2 Å². The van der Waals surface area contributed by atoms with Crippen molar-refractivity contribution < 1.29 is 4.74 Å². The standard InChI is InChI=1S/C16H27NO/c1-4-6-7-14(5-2)12-18-13(3)15-8-10-16(17)11-9-15/h8-11,13-14H,4-7,12,17H2,1-3H3. The zero-order valence-electron chi connectivity index (χ0n) is 12.0. The fourth-order valence-electron chi connectivity index (χ4n) is 2.04. The van der Waals surface area contributed by atoms with Crippen molar-refractivity contribution in [1.82, 2.24) is 0 Å². The van der Waals surface area contributed by atoms with E-state index in [0.29, 0.717) is 5.92 Å². The number of hydrogen-bond acceptors (Lipinski definition) is 2. The molecule has 0 aliphatic rings. The van der Waals surface area contributed by atoms with E-state index in [1.54, 1.807) is 0 Å². The molecule has 0 radical (unpaired) electrons. The van der Waals surface area contributed by atoms with Crippen molar-refractivity contribution >= 4 is 5.69 Å². The van der Waals surface area contributed by atoms with Gasteiger partial charge >= 0.3 is 0 Å². The fourth-order valence-corrected chi connectivity index (χ4v) is 2.04. The van der Waals surface area contributed by atoms with Crippen LogP contribution in [0.4, 0.5) is 5.69 Å². The Balaban J connectivity index is 2.39. The third-order valence-corrected chi connectivity index (χ3v) is 3.53. The van der Waals surface area contributed by atoms with Crippen LogP contribution in [0.3, 0.4) is 0 Å². The van der Waals surface area contributed by atoms with Gasteiger partial charge in [-0.05, 0) is 37.0 Å². The van der Waals surface area contributed by atoms with E-state index in [0.717, 1.165) is 12.3 Å². The summed E-state index contributed by atoms with van der Waals surface area (Å²) >= 11 is 0. The molecule has 0 aliphatic carbocycles. The molecule has 0 saturated carbocycles. The summed E-state index contributed by atoms with van der Waals surface area (Å²) < 4.78 is 5.98. The van der Waals surface area contributed by atoms with Crippen molar-refractivity contribution in [3.63, 3.8) is 0 Å². The third kappa shape index (κ3) is 5.09. The number of nitrogens with two attached hydrogens (primary N) is 1. The molecule has 0 bridgehead atoms. The first-order valence-electron chi connectivity index (χ1n) is 7.14. The van der Waals surface area contributed by atoms with E-state index in [4.69, 9.17) is 10.5 Å². The van der Waals surface area contributed by atoms with E-state index in [9.17, 15) is 0 Å². The van der Waals surface area contributed by atoms with Gasteiger partial charge in [-0.15, -0.1) is 0 Å². The lowest BCUT2D eigenvalue weighted by Gasteiger charge is -2.19. The van der Waals surface area contributed by atoms with Crippen LogP contribution in [-0.4, -0.2) is 6.61 Å². The molecule has 0 spiro atoms. The molecule has 0 fully saturated rings. The lowest BCUT2D eigenvalue weighted by atomic mass is 10.0. The molecule has 0 heterocycles. The summed E-state index contributed by atoms with van der Waals surface area (Å²) in [6, 6.07) is 7.97. The predicted molar refractivity (Wildman–Crippen MR) is 78.5 cm³/mol. The van der Waals surface area contributed by atoms with Crippen LogP contribution in [-0.2, 0) is 4.74 Å². The van der Waals surface area contributed by atoms with Crippen LogP contribution >= 0.6 is 0 Å². The molecule has 2 atom stereocenters. The number of benzene rings is 1. The van der Waals surface area contributed by atoms with Gasteiger partial charge in [-0.3, -0.25) is 0 Å². The summed E-state index contributed by atoms with van der Waals surface area (Å²) in [5.41, 5.74) is 7.69. The Morgan fingerprint density at radius 2 is 1.83 bits per heavy atom. The first-order chi connectivity index (χ1) is 8.67. The molecule has 2 heteroatoms. The number of ether oxygens (including phenoxy) is 1. The van der Waals surface area contributed by atoms with Crippen molar-refractivity contribution in [2.75, 3.05) is 12.3 Å². The maximum atomic E-state index is 5.98. The van der Waals surface area contributed by atoms with Crippen molar-refractivity contribution in [2.45, 2.75) is 52.6 Å². The van der Waals surface area contributed by atoms with Gasteiger partial charge < -0.3 is 10.5 Å². The Morgan fingerprint density at radius 1 is 1.17 bits per heavy atom. The SMILES string of the molecule is CCCCC(CC)COC(C)c1ccc(N)cc1. The topological polar surface area (TPSA) is 35.2 Å². The quantitative estimate of drug-likeness (QED) is 0.685. The van der Waals surface area contributed by atoms with Crippen molar-refractivity contribution in [1.29, 1.82) is 0 Å². The Kier molecular flexibility index (Phi) is 6.81. The van der Waals surface area contributed by atoms with E-state index in [1.807, 2.05) is 24.3 Å². The Labute approximate surface area is 112 Å². The van der Waals surface area contributed by atoms with Gasteiger partial charge in [0.05, 0.1) is 12.7 Å². The summed E-state index contributed by atoms with van der Waals surface area (Å²) in [5.74, 6) is 0.696. The second-order valence-electron chi connectivity index (χ2n) is 5.06. The van der Waals surface area contributed by atoms with Gasteiger partial charge in [-0.2, -0.15) is 0 Å². The summed E-state index contributed by atoms with van der Waals surface area (Å²) in [6.07, 6.45) is 5.21. The number of hydrogen-bond donors (Lipinski definition) is 1. The van der Waals surface area contributed by atoms with Crippen molar-refractivity contribution in [3.8, 4) is 0 Å². The lowest BCUT2D eigenvalue weighted by molar-refractivity contribution is 0.0358. The Bertz CT molecular complexity index is 320. The second kappa shape index (κ2) is 8.15. The van der Waals surface area contributed by atoms with Gasteiger partial charge in [0.15, 0.2) is 0 Å². The van der Waals surface area contributed by atoms with Crippen LogP contribution in [0.5, 0.6) is 0 Å². The molecule has 18 heavy (non-hydrogen) atoms. The highest BCUT2D eigenvalue weighted by Gasteiger charge is 2.10. The van der Waals surface area contributed by atoms with Gasteiger partial charge in [0.2, 0.25) is 0 Å². The minimum atomic E-state index is 0.154. The monoisotopic (exact) mass is 249 g/mol. The number of rotatable bonds is 8. The molecular formula is C16H27NO. The highest BCUT2D eigenvalue weighted by molar-refractivity contribution is 5.39. The molecule has 0 amide bonds. The molecular weight excluding hydrogens is 222 g/mol. The molecule has 102 valence electrons. The summed E-state index contributed by atoms with van der Waals surface area (Å²) in [6.45, 7) is 7.46. The average Bonchev–Trinajstić information content (AvgIpc) is 2.39. The maximum Gasteiger partial charge on any atom is 0.0796 e. The van der Waals surface area contributed by atoms with E-state index in [-0.39, 0.29) is 6.10 Å². The van der Waals surface area contributed by atoms with E-state index in [1.165, 1.54) is 31.2 Å². The number of unbranched alkanes of at least 4 members (excludes halogenated alkanes) is 1. The van der Waals surface area contributed by atoms with Gasteiger partial charge in [-0.25, -0.2) is 0 Å². The van der Waals surface area contributed by atoms with Gasteiger partial charge in [0, 0.05) is 5.69 Å².